The van der Waals surface area contributed by atoms with Crippen LogP contribution >= 0.6 is 0 Å². The second-order valence-corrected chi connectivity index (χ2v) is 6.28. The fraction of sp³-hybridized carbons (Fsp3) is 1.00. The van der Waals surface area contributed by atoms with Gasteiger partial charge in [-0.15, -0.1) is 0 Å². The molecule has 2 rings (SSSR count). The maximum atomic E-state index is 2.70. The third-order valence-electron chi connectivity index (χ3n) is 4.78. The number of nitrogens with zero attached hydrogens (tertiary/aromatic N) is 2. The average Bonchev–Trinajstić information content (AvgIpc) is 2.35. The van der Waals surface area contributed by atoms with E-state index in [2.05, 4.69) is 23.8 Å². The van der Waals surface area contributed by atoms with Crippen LogP contribution in [0.3, 0.4) is 0 Å². The van der Waals surface area contributed by atoms with Gasteiger partial charge in [-0.1, -0.05) is 32.6 Å². The Morgan fingerprint density at radius 1 is 0.882 bits per heavy atom. The zero-order valence-electron chi connectivity index (χ0n) is 11.8. The van der Waals surface area contributed by atoms with Crippen LogP contribution < -0.4 is 0 Å². The van der Waals surface area contributed by atoms with E-state index in [1.54, 1.807) is 0 Å². The lowest BCUT2D eigenvalue weighted by atomic mass is 9.80. The summed E-state index contributed by atoms with van der Waals surface area (Å²) in [6, 6.07) is 0. The molecule has 1 aliphatic heterocycles. The lowest BCUT2D eigenvalue weighted by molar-refractivity contribution is 0.118. The molecule has 1 saturated heterocycles. The number of hydrogen-bond donors (Lipinski definition) is 0. The summed E-state index contributed by atoms with van der Waals surface area (Å²) in [5.41, 5.74) is 0. The molecule has 0 aromatic rings. The van der Waals surface area contributed by atoms with E-state index in [-0.39, 0.29) is 0 Å². The molecule has 0 N–H and O–H groups in total. The molecule has 17 heavy (non-hydrogen) atoms. The number of likely N-dealkylation sites (N-methyl/N-ethyl adjacent to an activating group) is 1. The van der Waals surface area contributed by atoms with Crippen LogP contribution in [-0.2, 0) is 0 Å². The highest BCUT2D eigenvalue weighted by Crippen LogP contribution is 2.31. The summed E-state index contributed by atoms with van der Waals surface area (Å²) in [7, 11) is 2.24. The van der Waals surface area contributed by atoms with Crippen molar-refractivity contribution in [3.63, 3.8) is 0 Å². The van der Waals surface area contributed by atoms with Crippen LogP contribution in [0.1, 0.15) is 45.4 Å². The minimum Gasteiger partial charge on any atom is -0.304 e. The van der Waals surface area contributed by atoms with Gasteiger partial charge < -0.3 is 9.80 Å². The Bertz CT molecular complexity index is 201. The first-order valence-corrected chi connectivity index (χ1v) is 7.68. The lowest BCUT2D eigenvalue weighted by Crippen LogP contribution is -2.46. The summed E-state index contributed by atoms with van der Waals surface area (Å²) in [4.78, 5) is 5.15. The van der Waals surface area contributed by atoms with Crippen LogP contribution in [0.25, 0.3) is 0 Å². The normalized spacial score (nSPS) is 32.8. The Morgan fingerprint density at radius 2 is 1.47 bits per heavy atom. The zero-order valence-corrected chi connectivity index (χ0v) is 11.8. The molecule has 100 valence electrons. The summed E-state index contributed by atoms with van der Waals surface area (Å²) < 4.78 is 0. The Hall–Kier alpha value is -0.0800. The SMILES string of the molecule is CCCC1CCC(CN2CCN(C)CC2)CC1. The van der Waals surface area contributed by atoms with Crippen molar-refractivity contribution in [3.8, 4) is 0 Å². The van der Waals surface area contributed by atoms with Crippen molar-refractivity contribution in [1.82, 2.24) is 9.80 Å². The Morgan fingerprint density at radius 3 is 2.06 bits per heavy atom. The third kappa shape index (κ3) is 4.26. The van der Waals surface area contributed by atoms with Crippen LogP contribution in [0, 0.1) is 11.8 Å². The molecule has 1 aliphatic carbocycles. The van der Waals surface area contributed by atoms with E-state index in [0.29, 0.717) is 0 Å². The molecule has 0 amide bonds. The predicted octanol–water partition coefficient (Wildman–Crippen LogP) is 2.84. The summed E-state index contributed by atoms with van der Waals surface area (Å²) in [5.74, 6) is 2.07. The van der Waals surface area contributed by atoms with E-state index in [4.69, 9.17) is 0 Å². The maximum absolute atomic E-state index is 2.70. The van der Waals surface area contributed by atoms with Gasteiger partial charge in [-0.25, -0.2) is 0 Å². The smallest absolute Gasteiger partial charge is 0.0110 e. The van der Waals surface area contributed by atoms with E-state index >= 15 is 0 Å². The summed E-state index contributed by atoms with van der Waals surface area (Å²) in [5, 5.41) is 0. The van der Waals surface area contributed by atoms with Crippen LogP contribution in [0.4, 0.5) is 0 Å². The van der Waals surface area contributed by atoms with Crippen LogP contribution in [0.5, 0.6) is 0 Å². The Labute approximate surface area is 107 Å². The van der Waals surface area contributed by atoms with E-state index in [0.717, 1.165) is 11.8 Å². The lowest BCUT2D eigenvalue weighted by Gasteiger charge is -2.37. The van der Waals surface area contributed by atoms with Crippen molar-refractivity contribution in [3.05, 3.63) is 0 Å². The predicted molar refractivity (Wildman–Crippen MR) is 74.3 cm³/mol. The van der Waals surface area contributed by atoms with Crippen molar-refractivity contribution in [2.24, 2.45) is 11.8 Å². The molecule has 0 spiro atoms. The van der Waals surface area contributed by atoms with E-state index in [1.165, 1.54) is 71.2 Å². The standard InChI is InChI=1S/C15H30N2/c1-3-4-14-5-7-15(8-6-14)13-17-11-9-16(2)10-12-17/h14-15H,3-13H2,1-2H3. The Balaban J connectivity index is 1.64. The quantitative estimate of drug-likeness (QED) is 0.743. The largest absolute Gasteiger partial charge is 0.304 e. The van der Waals surface area contributed by atoms with Gasteiger partial charge in [0.15, 0.2) is 0 Å². The maximum Gasteiger partial charge on any atom is 0.0110 e. The van der Waals surface area contributed by atoms with Gasteiger partial charge in [-0.2, -0.15) is 0 Å². The minimum atomic E-state index is 1.01. The van der Waals surface area contributed by atoms with E-state index in [9.17, 15) is 0 Å². The topological polar surface area (TPSA) is 6.48 Å². The van der Waals surface area contributed by atoms with Crippen LogP contribution in [0.15, 0.2) is 0 Å². The molecule has 2 nitrogen and oxygen atoms in total. The van der Waals surface area contributed by atoms with Crippen LogP contribution in [-0.4, -0.2) is 49.6 Å². The van der Waals surface area contributed by atoms with Crippen LogP contribution in [0.2, 0.25) is 0 Å². The first kappa shape index (κ1) is 13.4. The molecule has 0 radical (unpaired) electrons. The molecule has 2 heteroatoms. The van der Waals surface area contributed by atoms with Gasteiger partial charge in [-0.3, -0.25) is 0 Å². The highest BCUT2D eigenvalue weighted by molar-refractivity contribution is 4.77. The van der Waals surface area contributed by atoms with Crippen molar-refractivity contribution in [1.29, 1.82) is 0 Å². The monoisotopic (exact) mass is 238 g/mol. The molecule has 0 bridgehead atoms. The third-order valence-corrected chi connectivity index (χ3v) is 4.78. The van der Waals surface area contributed by atoms with Crippen molar-refractivity contribution in [2.45, 2.75) is 45.4 Å². The zero-order chi connectivity index (χ0) is 12.1. The molecule has 2 aliphatic rings. The molecule has 0 aromatic heterocycles. The van der Waals surface area contributed by atoms with E-state index in [1.807, 2.05) is 0 Å². The number of rotatable bonds is 4. The van der Waals surface area contributed by atoms with Gasteiger partial charge in [0.05, 0.1) is 0 Å². The van der Waals surface area contributed by atoms with Gasteiger partial charge in [0, 0.05) is 32.7 Å². The molecular formula is C15H30N2. The van der Waals surface area contributed by atoms with Gasteiger partial charge >= 0.3 is 0 Å². The molecular weight excluding hydrogens is 208 g/mol. The first-order valence-electron chi connectivity index (χ1n) is 7.68. The van der Waals surface area contributed by atoms with Gasteiger partial charge in [0.25, 0.3) is 0 Å². The van der Waals surface area contributed by atoms with E-state index < -0.39 is 0 Å². The highest BCUT2D eigenvalue weighted by Gasteiger charge is 2.23. The first-order chi connectivity index (χ1) is 8.28. The Kier molecular flexibility index (Phi) is 5.30. The summed E-state index contributed by atoms with van der Waals surface area (Å²) in [6.45, 7) is 8.84. The van der Waals surface area contributed by atoms with Gasteiger partial charge in [-0.05, 0) is 31.7 Å². The molecule has 2 fully saturated rings. The minimum absolute atomic E-state index is 1.01. The number of piperazine rings is 1. The second-order valence-electron chi connectivity index (χ2n) is 6.28. The number of hydrogen-bond acceptors (Lipinski definition) is 2. The fourth-order valence-corrected chi connectivity index (χ4v) is 3.51. The highest BCUT2D eigenvalue weighted by atomic mass is 15.2. The fourth-order valence-electron chi connectivity index (χ4n) is 3.51. The average molecular weight is 238 g/mol. The molecule has 0 atom stereocenters. The van der Waals surface area contributed by atoms with Gasteiger partial charge in [0.2, 0.25) is 0 Å². The van der Waals surface area contributed by atoms with Crippen molar-refractivity contribution < 1.29 is 0 Å². The van der Waals surface area contributed by atoms with Crippen molar-refractivity contribution >= 4 is 0 Å². The molecule has 0 unspecified atom stereocenters. The summed E-state index contributed by atoms with van der Waals surface area (Å²) in [6.07, 6.45) is 8.86. The van der Waals surface area contributed by atoms with Gasteiger partial charge in [0.1, 0.15) is 0 Å². The second kappa shape index (κ2) is 6.75. The molecule has 0 aromatic carbocycles. The molecule has 1 heterocycles. The molecule has 1 saturated carbocycles. The van der Waals surface area contributed by atoms with Crippen molar-refractivity contribution in [2.75, 3.05) is 39.8 Å². The summed E-state index contributed by atoms with van der Waals surface area (Å²) >= 11 is 0.